The van der Waals surface area contributed by atoms with Gasteiger partial charge in [-0.25, -0.2) is 0 Å². The van der Waals surface area contributed by atoms with E-state index < -0.39 is 0 Å². The normalized spacial score (nSPS) is 19.3. The molecule has 0 radical (unpaired) electrons. The molecule has 2 unspecified atom stereocenters. The minimum absolute atomic E-state index is 0.0157. The first-order valence-corrected chi connectivity index (χ1v) is 6.18. The average molecular weight is 246 g/mol. The summed E-state index contributed by atoms with van der Waals surface area (Å²) in [5.41, 5.74) is 1.12. The van der Waals surface area contributed by atoms with Crippen LogP contribution in [-0.2, 0) is 0 Å². The molecule has 96 valence electrons. The fourth-order valence-corrected chi connectivity index (χ4v) is 2.08. The van der Waals surface area contributed by atoms with Crippen molar-refractivity contribution in [1.29, 1.82) is 5.26 Å². The first-order chi connectivity index (χ1) is 8.74. The van der Waals surface area contributed by atoms with Crippen molar-refractivity contribution in [3.05, 3.63) is 23.8 Å². The summed E-state index contributed by atoms with van der Waals surface area (Å²) >= 11 is 0. The molecule has 2 atom stereocenters. The van der Waals surface area contributed by atoms with Crippen LogP contribution in [0.25, 0.3) is 0 Å². The van der Waals surface area contributed by atoms with Crippen LogP contribution in [0.4, 0.5) is 0 Å². The van der Waals surface area contributed by atoms with Crippen molar-refractivity contribution in [3.8, 4) is 17.6 Å². The van der Waals surface area contributed by atoms with Crippen molar-refractivity contribution in [3.63, 3.8) is 0 Å². The van der Waals surface area contributed by atoms with E-state index in [4.69, 9.17) is 14.7 Å². The van der Waals surface area contributed by atoms with Gasteiger partial charge in [-0.3, -0.25) is 0 Å². The summed E-state index contributed by atoms with van der Waals surface area (Å²) in [6.07, 6.45) is 0.915. The van der Waals surface area contributed by atoms with Gasteiger partial charge in [0.2, 0.25) is 0 Å². The van der Waals surface area contributed by atoms with Gasteiger partial charge in [-0.2, -0.15) is 5.26 Å². The summed E-state index contributed by atoms with van der Waals surface area (Å²) in [6.45, 7) is 3.31. The third-order valence-electron chi connectivity index (χ3n) is 3.15. The smallest absolute Gasteiger partial charge is 0.124 e. The maximum Gasteiger partial charge on any atom is 0.124 e. The molecule has 1 aliphatic rings. The minimum atomic E-state index is 0.0157. The van der Waals surface area contributed by atoms with Gasteiger partial charge in [0.1, 0.15) is 11.5 Å². The Labute approximate surface area is 108 Å². The van der Waals surface area contributed by atoms with Crippen molar-refractivity contribution < 1.29 is 9.47 Å². The molecule has 1 heterocycles. The van der Waals surface area contributed by atoms with Gasteiger partial charge in [-0.05, 0) is 25.1 Å². The lowest BCUT2D eigenvalue weighted by molar-refractivity contribution is 0.250. The fraction of sp³-hybridized carbons (Fsp3) is 0.500. The van der Waals surface area contributed by atoms with Gasteiger partial charge >= 0.3 is 0 Å². The molecule has 1 aromatic carbocycles. The molecule has 4 heteroatoms. The molecule has 0 aromatic heterocycles. The van der Waals surface area contributed by atoms with E-state index in [0.29, 0.717) is 13.2 Å². The summed E-state index contributed by atoms with van der Waals surface area (Å²) in [5, 5.41) is 12.2. The molecule has 0 saturated carbocycles. The van der Waals surface area contributed by atoms with Gasteiger partial charge < -0.3 is 14.8 Å². The molecule has 1 aromatic rings. The van der Waals surface area contributed by atoms with E-state index in [0.717, 1.165) is 23.5 Å². The Balaban J connectivity index is 2.13. The Bertz CT molecular complexity index is 454. The molecular formula is C14H18N2O2. The zero-order valence-electron chi connectivity index (χ0n) is 10.8. The van der Waals surface area contributed by atoms with E-state index in [1.54, 1.807) is 7.11 Å². The number of methoxy groups -OCH3 is 1. The van der Waals surface area contributed by atoms with Crippen molar-refractivity contribution >= 4 is 0 Å². The molecule has 2 rings (SSSR count). The Hall–Kier alpha value is -1.73. The lowest BCUT2D eigenvalue weighted by Gasteiger charge is -2.27. The number of nitriles is 1. The molecule has 1 aliphatic heterocycles. The van der Waals surface area contributed by atoms with Crippen molar-refractivity contribution in [2.45, 2.75) is 19.4 Å². The maximum atomic E-state index is 8.81. The summed E-state index contributed by atoms with van der Waals surface area (Å²) in [5.74, 6) is 1.76. The number of nitrogens with zero attached hydrogens (tertiary/aromatic N) is 1. The van der Waals surface area contributed by atoms with E-state index >= 15 is 0 Å². The summed E-state index contributed by atoms with van der Waals surface area (Å²) in [7, 11) is 1.66. The second-order valence-corrected chi connectivity index (χ2v) is 4.53. The molecule has 0 spiro atoms. The monoisotopic (exact) mass is 246 g/mol. The number of ether oxygens (including phenoxy) is 2. The lowest BCUT2D eigenvalue weighted by Crippen LogP contribution is -2.30. The van der Waals surface area contributed by atoms with Crippen molar-refractivity contribution in [1.82, 2.24) is 5.32 Å². The van der Waals surface area contributed by atoms with Crippen LogP contribution in [0.2, 0.25) is 0 Å². The second kappa shape index (κ2) is 5.74. The largest absolute Gasteiger partial charge is 0.497 e. The number of nitrogens with one attached hydrogen (secondary N) is 1. The van der Waals surface area contributed by atoms with E-state index in [2.05, 4.69) is 11.4 Å². The third kappa shape index (κ3) is 2.74. The van der Waals surface area contributed by atoms with Crippen LogP contribution in [0.3, 0.4) is 0 Å². The molecule has 0 bridgehead atoms. The molecule has 0 fully saturated rings. The van der Waals surface area contributed by atoms with Crippen molar-refractivity contribution in [2.24, 2.45) is 5.92 Å². The van der Waals surface area contributed by atoms with Crippen LogP contribution in [0, 0.1) is 17.2 Å². The Morgan fingerprint density at radius 3 is 3.17 bits per heavy atom. The van der Waals surface area contributed by atoms with Crippen LogP contribution >= 0.6 is 0 Å². The fourth-order valence-electron chi connectivity index (χ4n) is 2.08. The first kappa shape index (κ1) is 12.7. The molecular weight excluding hydrogens is 228 g/mol. The minimum Gasteiger partial charge on any atom is -0.497 e. The average Bonchev–Trinajstić information content (AvgIpc) is 2.43. The Morgan fingerprint density at radius 1 is 1.61 bits per heavy atom. The van der Waals surface area contributed by atoms with Gasteiger partial charge in [-0.1, -0.05) is 0 Å². The Kier molecular flexibility index (Phi) is 4.06. The molecule has 0 saturated heterocycles. The highest BCUT2D eigenvalue weighted by Crippen LogP contribution is 2.34. The maximum absolute atomic E-state index is 8.81. The van der Waals surface area contributed by atoms with Crippen LogP contribution in [0.15, 0.2) is 18.2 Å². The summed E-state index contributed by atoms with van der Waals surface area (Å²) in [4.78, 5) is 0. The van der Waals surface area contributed by atoms with E-state index in [-0.39, 0.29) is 12.0 Å². The summed E-state index contributed by atoms with van der Waals surface area (Å²) < 4.78 is 10.9. The molecule has 4 nitrogen and oxygen atoms in total. The molecule has 0 amide bonds. The van der Waals surface area contributed by atoms with Crippen LogP contribution in [0.5, 0.6) is 11.5 Å². The van der Waals surface area contributed by atoms with Gasteiger partial charge in [-0.15, -0.1) is 0 Å². The highest BCUT2D eigenvalue weighted by Gasteiger charge is 2.22. The SMILES string of the molecule is COc1ccc2c(c1)C(NCC(C)C#N)CCO2. The molecule has 18 heavy (non-hydrogen) atoms. The number of hydrogen-bond acceptors (Lipinski definition) is 4. The second-order valence-electron chi connectivity index (χ2n) is 4.53. The summed E-state index contributed by atoms with van der Waals surface area (Å²) in [6, 6.07) is 8.31. The van der Waals surface area contributed by atoms with Gasteiger partial charge in [0.25, 0.3) is 0 Å². The van der Waals surface area contributed by atoms with E-state index in [9.17, 15) is 0 Å². The predicted molar refractivity (Wildman–Crippen MR) is 68.6 cm³/mol. The van der Waals surface area contributed by atoms with Gasteiger partial charge in [0, 0.05) is 24.6 Å². The van der Waals surface area contributed by atoms with Crippen molar-refractivity contribution in [2.75, 3.05) is 20.3 Å². The van der Waals surface area contributed by atoms with Crippen LogP contribution in [0.1, 0.15) is 24.9 Å². The lowest BCUT2D eigenvalue weighted by atomic mass is 9.99. The van der Waals surface area contributed by atoms with E-state index in [1.165, 1.54) is 0 Å². The quantitative estimate of drug-likeness (QED) is 0.885. The van der Waals surface area contributed by atoms with Gasteiger partial charge in [0.15, 0.2) is 0 Å². The Morgan fingerprint density at radius 2 is 2.44 bits per heavy atom. The van der Waals surface area contributed by atoms with Crippen LogP contribution < -0.4 is 14.8 Å². The van der Waals surface area contributed by atoms with E-state index in [1.807, 2.05) is 25.1 Å². The molecule has 1 N–H and O–H groups in total. The third-order valence-corrected chi connectivity index (χ3v) is 3.15. The highest BCUT2D eigenvalue weighted by molar-refractivity contribution is 5.43. The number of hydrogen-bond donors (Lipinski definition) is 1. The first-order valence-electron chi connectivity index (χ1n) is 6.18. The number of fused-ring (bicyclic) bond motifs is 1. The number of benzene rings is 1. The van der Waals surface area contributed by atoms with Crippen LogP contribution in [-0.4, -0.2) is 20.3 Å². The number of rotatable bonds is 4. The standard InChI is InChI=1S/C14H18N2O2/c1-10(8-15)9-16-13-5-6-18-14-4-3-11(17-2)7-12(13)14/h3-4,7,10,13,16H,5-6,9H2,1-2H3. The zero-order valence-corrected chi connectivity index (χ0v) is 10.8. The predicted octanol–water partition coefficient (Wildman–Crippen LogP) is 2.27. The van der Waals surface area contributed by atoms with Gasteiger partial charge in [0.05, 0.1) is 25.7 Å². The molecule has 0 aliphatic carbocycles. The topological polar surface area (TPSA) is 54.3 Å². The highest BCUT2D eigenvalue weighted by atomic mass is 16.5. The zero-order chi connectivity index (χ0) is 13.0.